The first-order chi connectivity index (χ1) is 5.90. The van der Waals surface area contributed by atoms with Gasteiger partial charge in [-0.3, -0.25) is 0 Å². The van der Waals surface area contributed by atoms with E-state index in [0.717, 1.165) is 10.2 Å². The first-order valence-corrected chi connectivity index (χ1v) is 4.37. The van der Waals surface area contributed by atoms with Crippen LogP contribution >= 0.6 is 23.8 Å². The maximum Gasteiger partial charge on any atom is 0.164 e. The molecule has 0 fully saturated rings. The minimum absolute atomic E-state index is 0.585. The summed E-state index contributed by atoms with van der Waals surface area (Å²) in [6.07, 6.45) is 1.78. The van der Waals surface area contributed by atoms with Crippen molar-refractivity contribution in [2.75, 3.05) is 0 Å². The summed E-state index contributed by atoms with van der Waals surface area (Å²) < 4.78 is 3.99. The minimum Gasteiger partial charge on any atom is -0.215 e. The van der Waals surface area contributed by atoms with Crippen LogP contribution in [-0.2, 0) is 0 Å². The summed E-state index contributed by atoms with van der Waals surface area (Å²) in [6.45, 7) is 0. The van der Waals surface area contributed by atoms with Crippen LogP contribution in [0.3, 0.4) is 0 Å². The second-order valence-corrected chi connectivity index (χ2v) is 3.06. The van der Waals surface area contributed by atoms with Crippen molar-refractivity contribution in [2.24, 2.45) is 4.99 Å². The number of aliphatic imine (C=N–C) groups is 1. The van der Waals surface area contributed by atoms with E-state index in [4.69, 9.17) is 0 Å². The van der Waals surface area contributed by atoms with Crippen molar-refractivity contribution < 1.29 is 0 Å². The molecule has 0 aromatic carbocycles. The molecule has 2 heterocycles. The lowest BCUT2D eigenvalue weighted by molar-refractivity contribution is 1.36. The summed E-state index contributed by atoms with van der Waals surface area (Å²) in [5.41, 5.74) is 0. The van der Waals surface area contributed by atoms with Crippen molar-refractivity contribution in [3.63, 3.8) is 0 Å². The van der Waals surface area contributed by atoms with Gasteiger partial charge in [0.25, 0.3) is 0 Å². The monoisotopic (exact) mass is 193 g/mol. The van der Waals surface area contributed by atoms with E-state index in [1.54, 1.807) is 12.3 Å². The Morgan fingerprint density at radius 1 is 1.50 bits per heavy atom. The molecular formula is C7H3N3S2. The van der Waals surface area contributed by atoms with Crippen LogP contribution in [-0.4, -0.2) is 14.5 Å². The third-order valence-corrected chi connectivity index (χ3v) is 2.17. The molecule has 58 valence electrons. The summed E-state index contributed by atoms with van der Waals surface area (Å²) in [6, 6.07) is 3.70. The number of isothiocyanates is 1. The topological polar surface area (TPSA) is 38.1 Å². The molecule has 0 N–H and O–H groups in total. The third-order valence-electron chi connectivity index (χ3n) is 1.37. The van der Waals surface area contributed by atoms with E-state index in [2.05, 4.69) is 31.7 Å². The molecule has 3 nitrogen and oxygen atoms in total. The van der Waals surface area contributed by atoms with Crippen molar-refractivity contribution in [2.45, 2.75) is 0 Å². The average Bonchev–Trinajstić information content (AvgIpc) is 2.51. The lowest BCUT2D eigenvalue weighted by Gasteiger charge is -1.88. The predicted octanol–water partition coefficient (Wildman–Crippen LogP) is 2.43. The average molecular weight is 193 g/mol. The first kappa shape index (κ1) is 7.49. The maximum absolute atomic E-state index is 4.47. The normalized spacial score (nSPS) is 9.67. The van der Waals surface area contributed by atoms with Crippen molar-refractivity contribution in [1.82, 2.24) is 9.36 Å². The highest BCUT2D eigenvalue weighted by molar-refractivity contribution is 7.78. The fourth-order valence-electron chi connectivity index (χ4n) is 0.855. The van der Waals surface area contributed by atoms with Gasteiger partial charge in [0.05, 0.1) is 11.4 Å². The Kier molecular flexibility index (Phi) is 1.91. The standard InChI is InChI=1S/C7H3N3S2/c11-4-8-6-2-1-5-3-9-12-7(5)10-6/h1-3H. The molecule has 0 bridgehead atoms. The molecular weight excluding hydrogens is 190 g/mol. The lowest BCUT2D eigenvalue weighted by Crippen LogP contribution is -1.71. The molecule has 0 spiro atoms. The summed E-state index contributed by atoms with van der Waals surface area (Å²) in [5.74, 6) is 0.585. The van der Waals surface area contributed by atoms with Gasteiger partial charge in [-0.2, -0.15) is 9.37 Å². The fraction of sp³-hybridized carbons (Fsp3) is 0. The Labute approximate surface area is 78.0 Å². The zero-order valence-corrected chi connectivity index (χ0v) is 7.52. The van der Waals surface area contributed by atoms with Gasteiger partial charge in [0, 0.05) is 5.39 Å². The quantitative estimate of drug-likeness (QED) is 0.515. The van der Waals surface area contributed by atoms with Crippen LogP contribution in [0.15, 0.2) is 23.3 Å². The van der Waals surface area contributed by atoms with Crippen LogP contribution in [0.2, 0.25) is 0 Å². The zero-order valence-electron chi connectivity index (χ0n) is 5.89. The molecule has 2 aromatic heterocycles. The van der Waals surface area contributed by atoms with E-state index < -0.39 is 0 Å². The Morgan fingerprint density at radius 3 is 3.25 bits per heavy atom. The van der Waals surface area contributed by atoms with Crippen LogP contribution in [0.1, 0.15) is 0 Å². The van der Waals surface area contributed by atoms with Gasteiger partial charge in [0.2, 0.25) is 0 Å². The number of aromatic nitrogens is 2. The van der Waals surface area contributed by atoms with Crippen LogP contribution in [0.25, 0.3) is 10.2 Å². The largest absolute Gasteiger partial charge is 0.215 e. The second kappa shape index (κ2) is 3.06. The van der Waals surface area contributed by atoms with Crippen LogP contribution in [0, 0.1) is 0 Å². The predicted molar refractivity (Wildman–Crippen MR) is 52.1 cm³/mol. The Balaban J connectivity index is 2.67. The molecule has 5 heteroatoms. The van der Waals surface area contributed by atoms with Crippen LogP contribution < -0.4 is 0 Å². The minimum atomic E-state index is 0.585. The highest BCUT2D eigenvalue weighted by atomic mass is 32.1. The summed E-state index contributed by atoms with van der Waals surface area (Å²) >= 11 is 5.81. The van der Waals surface area contributed by atoms with Gasteiger partial charge in [0.1, 0.15) is 4.83 Å². The molecule has 0 saturated heterocycles. The Hall–Kier alpha value is -1.16. The number of fused-ring (bicyclic) bond motifs is 1. The highest BCUT2D eigenvalue weighted by Crippen LogP contribution is 2.18. The van der Waals surface area contributed by atoms with E-state index in [9.17, 15) is 0 Å². The van der Waals surface area contributed by atoms with E-state index in [1.807, 2.05) is 6.07 Å². The van der Waals surface area contributed by atoms with Gasteiger partial charge >= 0.3 is 0 Å². The number of rotatable bonds is 1. The van der Waals surface area contributed by atoms with E-state index >= 15 is 0 Å². The van der Waals surface area contributed by atoms with E-state index in [-0.39, 0.29) is 0 Å². The molecule has 2 rings (SSSR count). The zero-order chi connectivity index (χ0) is 8.39. The van der Waals surface area contributed by atoms with E-state index in [1.165, 1.54) is 11.5 Å². The SMILES string of the molecule is S=C=Nc1ccc2cnsc2n1. The molecule has 0 aliphatic carbocycles. The number of nitrogens with zero attached hydrogens (tertiary/aromatic N) is 3. The van der Waals surface area contributed by atoms with Crippen LogP contribution in [0.4, 0.5) is 5.82 Å². The van der Waals surface area contributed by atoms with Crippen molar-refractivity contribution >= 4 is 44.9 Å². The van der Waals surface area contributed by atoms with Crippen molar-refractivity contribution in [3.05, 3.63) is 18.3 Å². The van der Waals surface area contributed by atoms with Gasteiger partial charge in [-0.15, -0.1) is 0 Å². The molecule has 0 saturated carbocycles. The van der Waals surface area contributed by atoms with Gasteiger partial charge in [-0.25, -0.2) is 4.98 Å². The highest BCUT2D eigenvalue weighted by Gasteiger charge is 1.97. The third kappa shape index (κ3) is 1.25. The molecule has 0 unspecified atom stereocenters. The van der Waals surface area contributed by atoms with E-state index in [0.29, 0.717) is 5.82 Å². The molecule has 2 aromatic rings. The summed E-state index contributed by atoms with van der Waals surface area (Å²) in [7, 11) is 0. The first-order valence-electron chi connectivity index (χ1n) is 3.19. The Morgan fingerprint density at radius 2 is 2.42 bits per heavy atom. The molecule has 0 aliphatic rings. The number of pyridine rings is 1. The van der Waals surface area contributed by atoms with Gasteiger partial charge < -0.3 is 0 Å². The Bertz CT molecular complexity index is 456. The molecule has 0 atom stereocenters. The molecule has 0 aliphatic heterocycles. The molecule has 12 heavy (non-hydrogen) atoms. The van der Waals surface area contributed by atoms with Crippen LogP contribution in [0.5, 0.6) is 0 Å². The molecule has 0 radical (unpaired) electrons. The number of hydrogen-bond donors (Lipinski definition) is 0. The number of hydrogen-bond acceptors (Lipinski definition) is 5. The van der Waals surface area contributed by atoms with Gasteiger partial charge in [0.15, 0.2) is 5.82 Å². The summed E-state index contributed by atoms with van der Waals surface area (Å²) in [5, 5.41) is 3.30. The maximum atomic E-state index is 4.47. The lowest BCUT2D eigenvalue weighted by atomic mass is 10.4. The van der Waals surface area contributed by atoms with Gasteiger partial charge in [-0.05, 0) is 35.9 Å². The fourth-order valence-corrected chi connectivity index (χ4v) is 1.58. The smallest absolute Gasteiger partial charge is 0.164 e. The summed E-state index contributed by atoms with van der Waals surface area (Å²) in [4.78, 5) is 8.83. The number of thiocarbonyl (C=S) groups is 1. The second-order valence-electron chi connectivity index (χ2n) is 2.09. The van der Waals surface area contributed by atoms with Crippen molar-refractivity contribution in [1.29, 1.82) is 0 Å². The van der Waals surface area contributed by atoms with Gasteiger partial charge in [-0.1, -0.05) is 0 Å². The molecule has 0 amide bonds. The van der Waals surface area contributed by atoms with Crippen molar-refractivity contribution in [3.8, 4) is 0 Å².